The number of hydrogen-bond acceptors (Lipinski definition) is 8. The largest absolute Gasteiger partial charge is 0.431 e. The molecule has 0 aliphatic heterocycles. The highest BCUT2D eigenvalue weighted by molar-refractivity contribution is 7.99. The molecular formula is C19H14N6O2S2. The maximum atomic E-state index is 12.2. The standard InChI is InChI=1S/C19H14N6O2S2/c26-18(11-29-19-21-12-4-1-2-5-14(12)27-19)20-10-17-23-22-16-8-7-13(24-25(16)17)15-6-3-9-28-15/h1-9H,10-11H2,(H,20,26). The summed E-state index contributed by atoms with van der Waals surface area (Å²) in [5.41, 5.74) is 2.96. The first kappa shape index (κ1) is 17.8. The molecule has 1 amide bonds. The summed E-state index contributed by atoms with van der Waals surface area (Å²) in [5, 5.41) is 18.2. The first-order valence-electron chi connectivity index (χ1n) is 8.76. The molecule has 0 aliphatic rings. The molecule has 0 spiro atoms. The number of nitrogens with zero attached hydrogens (tertiary/aromatic N) is 5. The summed E-state index contributed by atoms with van der Waals surface area (Å²) in [7, 11) is 0. The average Bonchev–Trinajstić information content (AvgIpc) is 3.49. The van der Waals surface area contributed by atoms with E-state index in [4.69, 9.17) is 4.42 Å². The molecule has 0 bridgehead atoms. The van der Waals surface area contributed by atoms with E-state index in [1.807, 2.05) is 53.9 Å². The van der Waals surface area contributed by atoms with Crippen molar-refractivity contribution in [2.24, 2.45) is 0 Å². The van der Waals surface area contributed by atoms with Crippen molar-refractivity contribution in [3.63, 3.8) is 0 Å². The van der Waals surface area contributed by atoms with E-state index in [2.05, 4.69) is 25.6 Å². The number of aromatic nitrogens is 5. The number of carbonyl (C=O) groups excluding carboxylic acids is 1. The van der Waals surface area contributed by atoms with Crippen molar-refractivity contribution in [2.45, 2.75) is 11.8 Å². The molecular weight excluding hydrogens is 408 g/mol. The van der Waals surface area contributed by atoms with Gasteiger partial charge in [-0.3, -0.25) is 4.79 Å². The first-order valence-corrected chi connectivity index (χ1v) is 10.6. The molecule has 5 rings (SSSR count). The van der Waals surface area contributed by atoms with Crippen LogP contribution in [0.4, 0.5) is 0 Å². The molecule has 0 saturated heterocycles. The number of carbonyl (C=O) groups is 1. The van der Waals surface area contributed by atoms with Gasteiger partial charge in [0.15, 0.2) is 17.1 Å². The van der Waals surface area contributed by atoms with Crippen LogP contribution in [-0.2, 0) is 11.3 Å². The minimum absolute atomic E-state index is 0.150. The molecule has 10 heteroatoms. The number of oxazole rings is 1. The van der Waals surface area contributed by atoms with E-state index < -0.39 is 0 Å². The lowest BCUT2D eigenvalue weighted by molar-refractivity contribution is -0.118. The lowest BCUT2D eigenvalue weighted by Gasteiger charge is -2.03. The Balaban J connectivity index is 1.24. The second kappa shape index (κ2) is 7.64. The fraction of sp³-hybridized carbons (Fsp3) is 0.105. The lowest BCUT2D eigenvalue weighted by Crippen LogP contribution is -2.25. The Hall–Kier alpha value is -3.24. The molecule has 0 fully saturated rings. The molecule has 0 saturated carbocycles. The number of rotatable bonds is 6. The van der Waals surface area contributed by atoms with Gasteiger partial charge in [-0.05, 0) is 35.7 Å². The van der Waals surface area contributed by atoms with Crippen molar-refractivity contribution in [3.8, 4) is 10.6 Å². The van der Waals surface area contributed by atoms with Gasteiger partial charge in [0.1, 0.15) is 11.2 Å². The van der Waals surface area contributed by atoms with E-state index in [0.717, 1.165) is 16.1 Å². The summed E-state index contributed by atoms with van der Waals surface area (Å²) in [6.45, 7) is 0.231. The van der Waals surface area contributed by atoms with Crippen LogP contribution >= 0.6 is 23.1 Å². The number of thiophene rings is 1. The smallest absolute Gasteiger partial charge is 0.257 e. The quantitative estimate of drug-likeness (QED) is 0.419. The third-order valence-electron chi connectivity index (χ3n) is 4.15. The van der Waals surface area contributed by atoms with Crippen molar-refractivity contribution in [3.05, 3.63) is 59.7 Å². The third kappa shape index (κ3) is 3.71. The Morgan fingerprint density at radius 2 is 2.07 bits per heavy atom. The molecule has 5 aromatic rings. The van der Waals surface area contributed by atoms with Crippen molar-refractivity contribution in [2.75, 3.05) is 5.75 Å². The molecule has 4 aromatic heterocycles. The van der Waals surface area contributed by atoms with Crippen LogP contribution in [0.5, 0.6) is 0 Å². The van der Waals surface area contributed by atoms with E-state index in [0.29, 0.717) is 22.3 Å². The second-order valence-corrected chi connectivity index (χ2v) is 7.97. The monoisotopic (exact) mass is 422 g/mol. The highest BCUT2D eigenvalue weighted by Gasteiger charge is 2.12. The summed E-state index contributed by atoms with van der Waals surface area (Å²) in [5.74, 6) is 0.610. The molecule has 1 N–H and O–H groups in total. The summed E-state index contributed by atoms with van der Waals surface area (Å²) >= 11 is 2.86. The van der Waals surface area contributed by atoms with Crippen molar-refractivity contribution in [1.29, 1.82) is 0 Å². The summed E-state index contributed by atoms with van der Waals surface area (Å²) in [6, 6.07) is 15.3. The normalized spacial score (nSPS) is 11.3. The van der Waals surface area contributed by atoms with Gasteiger partial charge in [0, 0.05) is 0 Å². The predicted octanol–water partition coefficient (Wildman–Crippen LogP) is 3.40. The zero-order chi connectivity index (χ0) is 19.6. The highest BCUT2D eigenvalue weighted by Crippen LogP contribution is 2.23. The van der Waals surface area contributed by atoms with Gasteiger partial charge in [-0.1, -0.05) is 30.0 Å². The molecule has 144 valence electrons. The van der Waals surface area contributed by atoms with Crippen LogP contribution in [0.2, 0.25) is 0 Å². The van der Waals surface area contributed by atoms with Gasteiger partial charge < -0.3 is 9.73 Å². The fourth-order valence-corrected chi connectivity index (χ4v) is 4.13. The van der Waals surface area contributed by atoms with E-state index in [-0.39, 0.29) is 18.2 Å². The molecule has 0 aliphatic carbocycles. The number of thioether (sulfide) groups is 1. The van der Waals surface area contributed by atoms with Crippen LogP contribution in [0.15, 0.2) is 63.6 Å². The Morgan fingerprint density at radius 1 is 1.14 bits per heavy atom. The predicted molar refractivity (Wildman–Crippen MR) is 111 cm³/mol. The second-order valence-electron chi connectivity index (χ2n) is 6.10. The van der Waals surface area contributed by atoms with E-state index in [1.54, 1.807) is 15.9 Å². The van der Waals surface area contributed by atoms with Crippen LogP contribution < -0.4 is 5.32 Å². The minimum Gasteiger partial charge on any atom is -0.431 e. The van der Waals surface area contributed by atoms with E-state index >= 15 is 0 Å². The minimum atomic E-state index is -0.150. The molecule has 4 heterocycles. The lowest BCUT2D eigenvalue weighted by atomic mass is 10.3. The Morgan fingerprint density at radius 3 is 2.93 bits per heavy atom. The van der Waals surface area contributed by atoms with Crippen LogP contribution in [0, 0.1) is 0 Å². The van der Waals surface area contributed by atoms with Crippen molar-refractivity contribution in [1.82, 2.24) is 30.1 Å². The zero-order valence-corrected chi connectivity index (χ0v) is 16.6. The molecule has 0 unspecified atom stereocenters. The van der Waals surface area contributed by atoms with Crippen molar-refractivity contribution < 1.29 is 9.21 Å². The summed E-state index contributed by atoms with van der Waals surface area (Å²) in [4.78, 5) is 17.6. The highest BCUT2D eigenvalue weighted by atomic mass is 32.2. The first-order chi connectivity index (χ1) is 14.3. The van der Waals surface area contributed by atoms with Gasteiger partial charge in [0.2, 0.25) is 5.91 Å². The number of benzene rings is 1. The van der Waals surface area contributed by atoms with E-state index in [9.17, 15) is 4.79 Å². The fourth-order valence-electron chi connectivity index (χ4n) is 2.77. The molecule has 29 heavy (non-hydrogen) atoms. The van der Waals surface area contributed by atoms with Gasteiger partial charge in [-0.15, -0.1) is 21.5 Å². The van der Waals surface area contributed by atoms with E-state index in [1.165, 1.54) is 11.8 Å². The Bertz CT molecular complexity index is 1260. The Labute approximate surface area is 173 Å². The number of hydrogen-bond donors (Lipinski definition) is 1. The van der Waals surface area contributed by atoms with Gasteiger partial charge in [-0.2, -0.15) is 9.61 Å². The number of amides is 1. The zero-order valence-electron chi connectivity index (χ0n) is 15.0. The maximum absolute atomic E-state index is 12.2. The molecule has 8 nitrogen and oxygen atoms in total. The third-order valence-corrected chi connectivity index (χ3v) is 5.87. The van der Waals surface area contributed by atoms with Crippen LogP contribution in [0.1, 0.15) is 5.82 Å². The summed E-state index contributed by atoms with van der Waals surface area (Å²) < 4.78 is 7.27. The van der Waals surface area contributed by atoms with Gasteiger partial charge in [0.25, 0.3) is 5.22 Å². The number of para-hydroxylation sites is 2. The topological polar surface area (TPSA) is 98.2 Å². The average molecular weight is 422 g/mol. The van der Waals surface area contributed by atoms with Crippen molar-refractivity contribution >= 4 is 45.8 Å². The SMILES string of the molecule is O=C(CSc1nc2ccccc2o1)NCc1nnc2ccc(-c3cccs3)nn12. The molecule has 0 radical (unpaired) electrons. The van der Waals surface area contributed by atoms with Crippen LogP contribution in [0.3, 0.4) is 0 Å². The van der Waals surface area contributed by atoms with Crippen LogP contribution in [-0.4, -0.2) is 36.5 Å². The molecule has 0 atom stereocenters. The maximum Gasteiger partial charge on any atom is 0.257 e. The van der Waals surface area contributed by atoms with Gasteiger partial charge in [0.05, 0.1) is 17.2 Å². The number of nitrogens with one attached hydrogen (secondary N) is 1. The number of fused-ring (bicyclic) bond motifs is 2. The Kier molecular flexibility index (Phi) is 4.70. The van der Waals surface area contributed by atoms with Crippen LogP contribution in [0.25, 0.3) is 27.3 Å². The summed E-state index contributed by atoms with van der Waals surface area (Å²) in [6.07, 6.45) is 0. The molecule has 1 aromatic carbocycles. The van der Waals surface area contributed by atoms with Gasteiger partial charge in [-0.25, -0.2) is 4.98 Å². The van der Waals surface area contributed by atoms with Gasteiger partial charge >= 0.3 is 0 Å².